The first-order valence-electron chi connectivity index (χ1n) is 12.6. The lowest BCUT2D eigenvalue weighted by Gasteiger charge is -2.27. The molecule has 1 unspecified atom stereocenters. The van der Waals surface area contributed by atoms with Gasteiger partial charge in [0, 0.05) is 37.7 Å². The number of rotatable bonds is 11. The molecule has 0 aliphatic heterocycles. The summed E-state index contributed by atoms with van der Waals surface area (Å²) in [6.45, 7) is 0.151. The van der Waals surface area contributed by atoms with Gasteiger partial charge in [0.05, 0.1) is 28.0 Å². The molecule has 1 aliphatic carbocycles. The Morgan fingerprint density at radius 1 is 1.25 bits per heavy atom. The summed E-state index contributed by atoms with van der Waals surface area (Å²) >= 11 is 6.51. The zero-order valence-corrected chi connectivity index (χ0v) is 23.6. The molecule has 3 rings (SSSR count). The SMILES string of the molecule is CCn1nc(C(=O)NCC2CCC(S(C)(=O)=O)CC2)c(Cl)c1-c1cnc(NC(C)CC(F)(F)F)cc1OC(F)F. The molecule has 0 radical (unpaired) electrons. The molecule has 9 nitrogen and oxygen atoms in total. The average Bonchev–Trinajstić information content (AvgIpc) is 3.17. The van der Waals surface area contributed by atoms with Gasteiger partial charge in [-0.3, -0.25) is 9.48 Å². The van der Waals surface area contributed by atoms with Crippen LogP contribution in [0.15, 0.2) is 12.3 Å². The zero-order chi connectivity index (χ0) is 29.8. The maximum Gasteiger partial charge on any atom is 0.391 e. The van der Waals surface area contributed by atoms with Crippen molar-refractivity contribution in [3.63, 3.8) is 0 Å². The number of pyridine rings is 1. The fourth-order valence-corrected chi connectivity index (χ4v) is 6.15. The quantitative estimate of drug-likeness (QED) is 0.329. The molecule has 1 atom stereocenters. The molecule has 2 aromatic heterocycles. The lowest BCUT2D eigenvalue weighted by atomic mass is 9.89. The topological polar surface area (TPSA) is 115 Å². The Balaban J connectivity index is 1.81. The van der Waals surface area contributed by atoms with Crippen LogP contribution in [-0.2, 0) is 16.4 Å². The third kappa shape index (κ3) is 8.41. The molecule has 2 N–H and O–H groups in total. The third-order valence-electron chi connectivity index (χ3n) is 6.63. The molecule has 0 spiro atoms. The Morgan fingerprint density at radius 2 is 1.90 bits per heavy atom. The fourth-order valence-electron chi connectivity index (χ4n) is 4.69. The summed E-state index contributed by atoms with van der Waals surface area (Å²) in [5.41, 5.74) is -0.125. The molecule has 40 heavy (non-hydrogen) atoms. The van der Waals surface area contributed by atoms with Gasteiger partial charge in [0.2, 0.25) is 0 Å². The minimum absolute atomic E-state index is 0.0354. The second-order valence-corrected chi connectivity index (χ2v) is 12.5. The predicted molar refractivity (Wildman–Crippen MR) is 139 cm³/mol. The van der Waals surface area contributed by atoms with Gasteiger partial charge in [-0.2, -0.15) is 27.1 Å². The number of amides is 1. The van der Waals surface area contributed by atoms with Crippen LogP contribution >= 0.6 is 11.6 Å². The van der Waals surface area contributed by atoms with E-state index in [-0.39, 0.29) is 52.0 Å². The van der Waals surface area contributed by atoms with Gasteiger partial charge < -0.3 is 15.4 Å². The van der Waals surface area contributed by atoms with Crippen LogP contribution in [0, 0.1) is 5.92 Å². The van der Waals surface area contributed by atoms with Crippen LogP contribution in [0.25, 0.3) is 11.3 Å². The van der Waals surface area contributed by atoms with E-state index in [1.165, 1.54) is 17.9 Å². The van der Waals surface area contributed by atoms with Gasteiger partial charge >= 0.3 is 12.8 Å². The van der Waals surface area contributed by atoms with Gasteiger partial charge in [0.1, 0.15) is 21.4 Å². The van der Waals surface area contributed by atoms with Crippen molar-refractivity contribution in [2.75, 3.05) is 18.1 Å². The van der Waals surface area contributed by atoms with Crippen LogP contribution in [0.3, 0.4) is 0 Å². The van der Waals surface area contributed by atoms with Crippen LogP contribution in [0.1, 0.15) is 56.4 Å². The molecule has 0 aromatic carbocycles. The smallest absolute Gasteiger partial charge is 0.391 e. The molecule has 1 fully saturated rings. The number of halogens is 6. The van der Waals surface area contributed by atoms with Crippen LogP contribution in [0.2, 0.25) is 5.02 Å². The first-order chi connectivity index (χ1) is 18.6. The highest BCUT2D eigenvalue weighted by Gasteiger charge is 2.31. The van der Waals surface area contributed by atoms with E-state index < -0.39 is 46.7 Å². The van der Waals surface area contributed by atoms with Crippen molar-refractivity contribution in [3.05, 3.63) is 23.0 Å². The average molecular weight is 616 g/mol. The van der Waals surface area contributed by atoms with E-state index in [0.717, 1.165) is 12.3 Å². The van der Waals surface area contributed by atoms with Crippen molar-refractivity contribution < 1.29 is 39.9 Å². The van der Waals surface area contributed by atoms with E-state index in [9.17, 15) is 35.2 Å². The van der Waals surface area contributed by atoms with Crippen molar-refractivity contribution in [2.24, 2.45) is 5.92 Å². The number of nitrogens with zero attached hydrogens (tertiary/aromatic N) is 3. The minimum Gasteiger partial charge on any atom is -0.434 e. The van der Waals surface area contributed by atoms with E-state index in [0.29, 0.717) is 25.7 Å². The van der Waals surface area contributed by atoms with Crippen LogP contribution in [0.5, 0.6) is 5.75 Å². The Labute approximate surface area is 233 Å². The number of aryl methyl sites for hydroxylation is 1. The zero-order valence-electron chi connectivity index (χ0n) is 22.1. The maximum absolute atomic E-state index is 13.3. The van der Waals surface area contributed by atoms with Crippen molar-refractivity contribution in [1.29, 1.82) is 0 Å². The summed E-state index contributed by atoms with van der Waals surface area (Å²) in [5.74, 6) is -1.08. The highest BCUT2D eigenvalue weighted by molar-refractivity contribution is 7.91. The standard InChI is InChI=1S/C24H31ClF5N5O4S/c1-4-35-21(16-12-31-18(9-17(16)39-23(26)27)33-13(2)10-24(28,29)30)19(25)20(34-35)22(36)32-11-14-5-7-15(8-6-14)40(3,37)38/h9,12-15,23H,4-8,10-11H2,1-3H3,(H,31,33)(H,32,36). The molecule has 1 amide bonds. The number of nitrogens with one attached hydrogen (secondary N) is 2. The second kappa shape index (κ2) is 12.9. The van der Waals surface area contributed by atoms with Gasteiger partial charge in [-0.15, -0.1) is 0 Å². The van der Waals surface area contributed by atoms with Crippen LogP contribution in [0.4, 0.5) is 27.8 Å². The number of carbonyl (C=O) groups excluding carboxylic acids is 1. The largest absolute Gasteiger partial charge is 0.434 e. The number of carbonyl (C=O) groups is 1. The molecule has 1 saturated carbocycles. The van der Waals surface area contributed by atoms with E-state index in [2.05, 4.69) is 25.5 Å². The first-order valence-corrected chi connectivity index (χ1v) is 14.9. The first kappa shape index (κ1) is 31.8. The summed E-state index contributed by atoms with van der Waals surface area (Å²) < 4.78 is 94.1. The van der Waals surface area contributed by atoms with Crippen LogP contribution in [-0.4, -0.2) is 66.0 Å². The molecule has 0 bridgehead atoms. The molecule has 0 saturated heterocycles. The number of ether oxygens (including phenoxy) is 1. The molecule has 1 aliphatic rings. The molecule has 16 heteroatoms. The predicted octanol–water partition coefficient (Wildman–Crippen LogP) is 5.31. The Morgan fingerprint density at radius 3 is 2.45 bits per heavy atom. The van der Waals surface area contributed by atoms with Crippen LogP contribution < -0.4 is 15.4 Å². The number of aromatic nitrogens is 3. The number of hydrogen-bond donors (Lipinski definition) is 2. The Hall–Kier alpha value is -2.68. The van der Waals surface area contributed by atoms with Crippen molar-refractivity contribution >= 4 is 33.2 Å². The number of sulfone groups is 1. The maximum atomic E-state index is 13.3. The van der Waals surface area contributed by atoms with Gasteiger partial charge in [-0.05, 0) is 45.4 Å². The Kier molecular flexibility index (Phi) is 10.3. The number of hydrogen-bond acceptors (Lipinski definition) is 7. The van der Waals surface area contributed by atoms with E-state index in [1.807, 2.05) is 0 Å². The summed E-state index contributed by atoms with van der Waals surface area (Å²) in [7, 11) is -3.12. The summed E-state index contributed by atoms with van der Waals surface area (Å²) in [4.78, 5) is 17.0. The van der Waals surface area contributed by atoms with Gasteiger partial charge in [-0.1, -0.05) is 11.6 Å². The highest BCUT2D eigenvalue weighted by Crippen LogP contribution is 2.38. The highest BCUT2D eigenvalue weighted by atomic mass is 35.5. The lowest BCUT2D eigenvalue weighted by Crippen LogP contribution is -2.34. The fraction of sp³-hybridized carbons (Fsp3) is 0.625. The molecule has 2 heterocycles. The normalized spacial score (nSPS) is 18.9. The summed E-state index contributed by atoms with van der Waals surface area (Å²) in [5, 5.41) is 8.96. The van der Waals surface area contributed by atoms with Crippen molar-refractivity contribution in [2.45, 2.75) is 76.6 Å². The summed E-state index contributed by atoms with van der Waals surface area (Å²) in [6, 6.07) is -0.0659. The number of anilines is 1. The second-order valence-electron chi connectivity index (χ2n) is 9.82. The van der Waals surface area contributed by atoms with E-state index in [1.54, 1.807) is 6.92 Å². The molecule has 2 aromatic rings. The van der Waals surface area contributed by atoms with Crippen molar-refractivity contribution in [3.8, 4) is 17.0 Å². The van der Waals surface area contributed by atoms with Gasteiger partial charge in [0.25, 0.3) is 5.91 Å². The molecular weight excluding hydrogens is 585 g/mol. The summed E-state index contributed by atoms with van der Waals surface area (Å²) in [6.07, 6.45) is -1.02. The van der Waals surface area contributed by atoms with Gasteiger partial charge in [-0.25, -0.2) is 13.4 Å². The molecule has 224 valence electrons. The Bertz CT molecular complexity index is 1300. The minimum atomic E-state index is -4.44. The van der Waals surface area contributed by atoms with E-state index in [4.69, 9.17) is 11.6 Å². The lowest BCUT2D eigenvalue weighted by molar-refractivity contribution is -0.136. The van der Waals surface area contributed by atoms with Crippen molar-refractivity contribution in [1.82, 2.24) is 20.1 Å². The number of alkyl halides is 5. The monoisotopic (exact) mass is 615 g/mol. The van der Waals surface area contributed by atoms with E-state index >= 15 is 0 Å². The third-order valence-corrected chi connectivity index (χ3v) is 8.67. The van der Waals surface area contributed by atoms with Gasteiger partial charge in [0.15, 0.2) is 5.69 Å². The molecular formula is C24H31ClF5N5O4S.